The highest BCUT2D eigenvalue weighted by molar-refractivity contribution is 7.95. The zero-order valence-corrected chi connectivity index (χ0v) is 27.6. The molecule has 8 atom stereocenters. The highest BCUT2D eigenvalue weighted by Gasteiger charge is 2.69. The summed E-state index contributed by atoms with van der Waals surface area (Å²) in [5, 5.41) is 4.09. The van der Waals surface area contributed by atoms with Crippen LogP contribution < -0.4 is 15.9 Å². The Hall–Kier alpha value is -2.60. The van der Waals surface area contributed by atoms with Gasteiger partial charge in [0.1, 0.15) is 23.2 Å². The second-order valence-corrected chi connectivity index (χ2v) is 17.4. The Morgan fingerprint density at radius 2 is 1.40 bits per heavy atom. The van der Waals surface area contributed by atoms with Gasteiger partial charge in [-0.3, -0.25) is 4.79 Å². The number of benzene rings is 3. The molecule has 0 unspecified atom stereocenters. The van der Waals surface area contributed by atoms with Gasteiger partial charge in [-0.2, -0.15) is 0 Å². The van der Waals surface area contributed by atoms with Crippen molar-refractivity contribution in [3.05, 3.63) is 91.0 Å². The van der Waals surface area contributed by atoms with E-state index in [0.717, 1.165) is 44.7 Å². The number of hydrogen-bond donors (Lipinski definition) is 0. The van der Waals surface area contributed by atoms with Crippen molar-refractivity contribution >= 4 is 29.1 Å². The topological polar surface area (TPSA) is 63.2 Å². The van der Waals surface area contributed by atoms with E-state index in [9.17, 15) is 4.79 Å². The lowest BCUT2D eigenvalue weighted by atomic mass is 9.58. The van der Waals surface area contributed by atoms with Gasteiger partial charge in [0.15, 0.2) is 11.9 Å². The van der Waals surface area contributed by atoms with E-state index in [-0.39, 0.29) is 23.7 Å². The van der Waals surface area contributed by atoms with Crippen molar-refractivity contribution in [2.45, 2.75) is 89.7 Å². The number of carbonyl (C=O) groups is 1. The summed E-state index contributed by atoms with van der Waals surface area (Å²) in [6, 6.07) is 32.7. The second kappa shape index (κ2) is 12.5. The minimum absolute atomic E-state index is 0.0253. The molecule has 45 heavy (non-hydrogen) atoms. The lowest BCUT2D eigenvalue weighted by molar-refractivity contribution is -0.576. The van der Waals surface area contributed by atoms with Crippen molar-refractivity contribution in [2.75, 3.05) is 6.16 Å². The van der Waals surface area contributed by atoms with Crippen LogP contribution in [0.15, 0.2) is 91.0 Å². The van der Waals surface area contributed by atoms with Crippen molar-refractivity contribution < 1.29 is 28.8 Å². The highest BCUT2D eigenvalue weighted by Crippen LogP contribution is 2.61. The molecule has 5 aliphatic rings. The van der Waals surface area contributed by atoms with Gasteiger partial charge in [-0.25, -0.2) is 9.78 Å². The van der Waals surface area contributed by atoms with Crippen molar-refractivity contribution in [1.82, 2.24) is 0 Å². The molecule has 8 rings (SSSR count). The summed E-state index contributed by atoms with van der Waals surface area (Å²) < 4.78 is 19.0. The molecule has 5 fully saturated rings. The van der Waals surface area contributed by atoms with Crippen LogP contribution in [0.25, 0.3) is 0 Å². The van der Waals surface area contributed by atoms with E-state index >= 15 is 0 Å². The quantitative estimate of drug-likeness (QED) is 0.111. The van der Waals surface area contributed by atoms with Gasteiger partial charge in [-0.1, -0.05) is 68.4 Å². The normalized spacial score (nSPS) is 34.0. The van der Waals surface area contributed by atoms with Crippen LogP contribution in [0.4, 0.5) is 0 Å². The third-order valence-electron chi connectivity index (χ3n) is 11.1. The van der Waals surface area contributed by atoms with E-state index in [2.05, 4.69) is 105 Å². The van der Waals surface area contributed by atoms with Crippen molar-refractivity contribution in [1.29, 1.82) is 0 Å². The Morgan fingerprint density at radius 3 is 2.00 bits per heavy atom. The number of ether oxygens (including phenoxy) is 3. The first-order valence-electron chi connectivity index (χ1n) is 16.8. The van der Waals surface area contributed by atoms with Gasteiger partial charge in [0.2, 0.25) is 12.1 Å². The van der Waals surface area contributed by atoms with Crippen LogP contribution in [0.2, 0.25) is 0 Å². The van der Waals surface area contributed by atoms with Gasteiger partial charge >= 0.3 is 5.97 Å². The van der Waals surface area contributed by atoms with Crippen molar-refractivity contribution in [3.63, 3.8) is 0 Å². The van der Waals surface area contributed by atoms with Crippen molar-refractivity contribution in [3.8, 4) is 0 Å². The van der Waals surface area contributed by atoms with E-state index in [1.165, 1.54) is 15.9 Å². The molecule has 4 saturated heterocycles. The molecule has 0 amide bonds. The van der Waals surface area contributed by atoms with Crippen molar-refractivity contribution in [2.24, 2.45) is 23.7 Å². The molecule has 0 N–H and O–H groups in total. The molecule has 4 heterocycles. The molecule has 1 saturated carbocycles. The van der Waals surface area contributed by atoms with Crippen LogP contribution in [0, 0.1) is 23.7 Å². The van der Waals surface area contributed by atoms with E-state index in [0.29, 0.717) is 12.3 Å². The fourth-order valence-corrected chi connectivity index (χ4v) is 13.1. The van der Waals surface area contributed by atoms with Crippen LogP contribution in [0.1, 0.15) is 65.7 Å². The maximum Gasteiger partial charge on any atom is 0.308 e. The summed E-state index contributed by atoms with van der Waals surface area (Å²) in [5.74, 6) is -0.183. The summed E-state index contributed by atoms with van der Waals surface area (Å²) in [6.07, 6.45) is 5.53. The molecule has 6 nitrogen and oxygen atoms in total. The number of unbranched alkanes of at least 4 members (excludes halogenated alkanes) is 1. The summed E-state index contributed by atoms with van der Waals surface area (Å²) in [4.78, 5) is 25.5. The number of fused-ring (bicyclic) bond motifs is 2. The minimum atomic E-state index is -1.93. The van der Waals surface area contributed by atoms with E-state index < -0.39 is 31.2 Å². The smallest absolute Gasteiger partial charge is 0.308 e. The van der Waals surface area contributed by atoms with Crippen LogP contribution >= 0.6 is 7.26 Å². The predicted octanol–water partition coefficient (Wildman–Crippen LogP) is 6.90. The molecule has 1 spiro atoms. The van der Waals surface area contributed by atoms with E-state index in [4.69, 9.17) is 24.0 Å². The molecular weight excluding hydrogens is 583 g/mol. The molecule has 0 radical (unpaired) electrons. The minimum Gasteiger partial charge on any atom is -0.435 e. The maximum absolute atomic E-state index is 13.4. The number of carbonyl (C=O) groups excluding carboxylic acids is 1. The molecule has 7 heteroatoms. The molecule has 0 aromatic heterocycles. The standard InChI is InChI=1S/C38H46O6P/c1-27-22-23-33-28(2)35(41-36-38(33)32(27)24-25-37(3,42-36)43-44-38)40-34(39)21-13-14-26-45(29-15-7-4-8-16-29,30-17-9-5-10-18-30)31-19-11-6-12-20-31/h4-12,15-20,27-28,32-33,35-36H,13-14,21-26H2,1-3H3/q+1/t27-,28-,32+,33+,35-,36-,37-,38-/m1/s1. The summed E-state index contributed by atoms with van der Waals surface area (Å²) >= 11 is 0. The Balaban J connectivity index is 1.05. The average molecular weight is 630 g/mol. The van der Waals surface area contributed by atoms with Crippen LogP contribution in [-0.2, 0) is 28.8 Å². The summed E-state index contributed by atoms with van der Waals surface area (Å²) in [6.45, 7) is 6.35. The lowest BCUT2D eigenvalue weighted by Gasteiger charge is -2.59. The second-order valence-electron chi connectivity index (χ2n) is 13.8. The van der Waals surface area contributed by atoms with Crippen LogP contribution in [0.3, 0.4) is 0 Å². The third-order valence-corrected chi connectivity index (χ3v) is 15.6. The number of rotatable bonds is 9. The summed E-state index contributed by atoms with van der Waals surface area (Å²) in [7, 11) is -1.93. The van der Waals surface area contributed by atoms with Gasteiger partial charge in [-0.15, -0.1) is 0 Å². The lowest BCUT2D eigenvalue weighted by Crippen LogP contribution is -2.70. The Bertz CT molecular complexity index is 1360. The van der Waals surface area contributed by atoms with Gasteiger partial charge in [0, 0.05) is 24.7 Å². The Kier molecular flexibility index (Phi) is 8.65. The molecule has 3 aromatic carbocycles. The van der Waals surface area contributed by atoms with Crippen LogP contribution in [-0.4, -0.2) is 36.1 Å². The average Bonchev–Trinajstić information content (AvgIpc) is 3.30. The first-order chi connectivity index (χ1) is 21.9. The van der Waals surface area contributed by atoms with Gasteiger partial charge in [0.05, 0.1) is 6.16 Å². The third kappa shape index (κ3) is 5.47. The maximum atomic E-state index is 13.4. The van der Waals surface area contributed by atoms with Crippen LogP contribution in [0.5, 0.6) is 0 Å². The zero-order chi connectivity index (χ0) is 31.1. The molecule has 2 bridgehead atoms. The number of esters is 1. The Labute approximate surface area is 268 Å². The van der Waals surface area contributed by atoms with Gasteiger partial charge in [-0.05, 0) is 87.3 Å². The first kappa shape index (κ1) is 31.0. The zero-order valence-electron chi connectivity index (χ0n) is 26.7. The predicted molar refractivity (Wildman–Crippen MR) is 177 cm³/mol. The SMILES string of the molecule is C[C@H]1[C@H](OC(=O)CCCC[P+](c2ccccc2)(c2ccccc2)c2ccccc2)O[C@@H]2O[C@@]3(C)CC[C@H]4[C@H](C)CC[C@@H]1[C@@]24OO3. The molecule has 1 aliphatic carbocycles. The largest absolute Gasteiger partial charge is 0.435 e. The Morgan fingerprint density at radius 1 is 0.800 bits per heavy atom. The molecular formula is C38H46O6P+. The summed E-state index contributed by atoms with van der Waals surface area (Å²) in [5.41, 5.74) is -0.657. The van der Waals surface area contributed by atoms with E-state index in [1.807, 2.05) is 6.92 Å². The number of hydrogen-bond acceptors (Lipinski definition) is 6. The van der Waals surface area contributed by atoms with Gasteiger partial charge < -0.3 is 14.2 Å². The van der Waals surface area contributed by atoms with Gasteiger partial charge in [0.25, 0.3) is 0 Å². The fourth-order valence-electron chi connectivity index (χ4n) is 8.70. The van der Waals surface area contributed by atoms with E-state index in [1.54, 1.807) is 0 Å². The molecule has 3 aromatic rings. The first-order valence-corrected chi connectivity index (χ1v) is 18.8. The fraction of sp³-hybridized carbons (Fsp3) is 0.500. The molecule has 238 valence electrons. The monoisotopic (exact) mass is 629 g/mol. The highest BCUT2D eigenvalue weighted by atomic mass is 31.2. The molecule has 4 aliphatic heterocycles.